The van der Waals surface area contributed by atoms with E-state index < -0.39 is 5.97 Å². The second-order valence-corrected chi connectivity index (χ2v) is 10.3. The highest BCUT2D eigenvalue weighted by Crippen LogP contribution is 2.39. The maximum Gasteiger partial charge on any atom is 0.335 e. The number of carboxylic acid groups (broad SMARTS) is 1. The Morgan fingerprint density at radius 2 is 1.80 bits per heavy atom. The molecule has 10 heteroatoms. The summed E-state index contributed by atoms with van der Waals surface area (Å²) in [4.78, 5) is 31.7. The van der Waals surface area contributed by atoms with Crippen molar-refractivity contribution in [3.8, 4) is 17.2 Å². The molecule has 0 bridgehead atoms. The molecule has 8 nitrogen and oxygen atoms in total. The average molecular weight is 624 g/mol. The number of carbonyl (C=O) groups is 2. The smallest absolute Gasteiger partial charge is 0.335 e. The minimum atomic E-state index is -1.01. The standard InChI is InChI=1S/C30H27BrN2O6S/c1-4-14-39-26-17-24(31)21(15-25(26)38-5-2)16-27-28(34)33(18-19-6-8-20(9-7-19)29(35)36)30(40-27)32-22-10-12-23(37-3)13-11-22/h4,6-13,15-17H,1,5,14,18H2,2-3H3,(H,35,36)/b27-16-,32-30?. The van der Waals surface area contributed by atoms with E-state index in [0.29, 0.717) is 46.2 Å². The van der Waals surface area contributed by atoms with Gasteiger partial charge in [-0.15, -0.1) is 0 Å². The van der Waals surface area contributed by atoms with Crippen LogP contribution in [0.3, 0.4) is 0 Å². The van der Waals surface area contributed by atoms with Gasteiger partial charge in [-0.1, -0.05) is 40.7 Å². The van der Waals surface area contributed by atoms with Gasteiger partial charge in [0.25, 0.3) is 5.91 Å². The summed E-state index contributed by atoms with van der Waals surface area (Å²) in [5.41, 5.74) is 2.34. The Morgan fingerprint density at radius 3 is 2.42 bits per heavy atom. The molecule has 0 spiro atoms. The van der Waals surface area contributed by atoms with Gasteiger partial charge < -0.3 is 19.3 Å². The van der Waals surface area contributed by atoms with Crippen LogP contribution in [0.15, 0.2) is 87.7 Å². The van der Waals surface area contributed by atoms with E-state index in [-0.39, 0.29) is 18.0 Å². The first-order valence-electron chi connectivity index (χ1n) is 12.3. The number of aromatic carboxylic acids is 1. The highest BCUT2D eigenvalue weighted by Gasteiger charge is 2.34. The van der Waals surface area contributed by atoms with E-state index in [0.717, 1.165) is 15.6 Å². The Labute approximate surface area is 245 Å². The lowest BCUT2D eigenvalue weighted by atomic mass is 10.1. The van der Waals surface area contributed by atoms with Crippen LogP contribution < -0.4 is 14.2 Å². The van der Waals surface area contributed by atoms with Gasteiger partial charge in [-0.05, 0) is 84.4 Å². The van der Waals surface area contributed by atoms with Gasteiger partial charge in [-0.25, -0.2) is 9.79 Å². The Balaban J connectivity index is 1.71. The predicted molar refractivity (Wildman–Crippen MR) is 161 cm³/mol. The number of amidine groups is 1. The average Bonchev–Trinajstić information content (AvgIpc) is 3.23. The van der Waals surface area contributed by atoms with Crippen molar-refractivity contribution < 1.29 is 28.9 Å². The van der Waals surface area contributed by atoms with Crippen molar-refractivity contribution in [2.24, 2.45) is 4.99 Å². The van der Waals surface area contributed by atoms with E-state index in [9.17, 15) is 14.7 Å². The fourth-order valence-electron chi connectivity index (χ4n) is 3.77. The SMILES string of the molecule is C=CCOc1cc(Br)c(/C=C2\SC(=Nc3ccc(OC)cc3)N(Cc3ccc(C(=O)O)cc3)C2=O)cc1OCC. The third-order valence-corrected chi connectivity index (χ3v) is 7.43. The number of ether oxygens (including phenoxy) is 3. The molecular weight excluding hydrogens is 596 g/mol. The van der Waals surface area contributed by atoms with Gasteiger partial charge in [0.2, 0.25) is 0 Å². The van der Waals surface area contributed by atoms with E-state index in [4.69, 9.17) is 19.2 Å². The third-order valence-electron chi connectivity index (χ3n) is 5.73. The molecule has 40 heavy (non-hydrogen) atoms. The molecule has 0 unspecified atom stereocenters. The molecule has 0 atom stereocenters. The number of hydrogen-bond donors (Lipinski definition) is 1. The maximum atomic E-state index is 13.7. The lowest BCUT2D eigenvalue weighted by molar-refractivity contribution is -0.122. The van der Waals surface area contributed by atoms with Crippen LogP contribution in [-0.4, -0.2) is 47.4 Å². The van der Waals surface area contributed by atoms with Gasteiger partial charge in [-0.3, -0.25) is 9.69 Å². The second-order valence-electron chi connectivity index (χ2n) is 8.45. The first kappa shape index (κ1) is 29.0. The number of thioether (sulfide) groups is 1. The maximum absolute atomic E-state index is 13.7. The summed E-state index contributed by atoms with van der Waals surface area (Å²) >= 11 is 4.85. The third kappa shape index (κ3) is 6.94. The minimum Gasteiger partial charge on any atom is -0.497 e. The summed E-state index contributed by atoms with van der Waals surface area (Å²) in [5, 5.41) is 9.72. The Bertz CT molecular complexity index is 1470. The number of halogens is 1. The van der Waals surface area contributed by atoms with Crippen LogP contribution in [0.25, 0.3) is 6.08 Å². The van der Waals surface area contributed by atoms with Crippen molar-refractivity contribution in [1.29, 1.82) is 0 Å². The van der Waals surface area contributed by atoms with Crippen LogP contribution in [0.1, 0.15) is 28.4 Å². The van der Waals surface area contributed by atoms with Gasteiger partial charge in [0.05, 0.1) is 36.4 Å². The van der Waals surface area contributed by atoms with Crippen LogP contribution in [0.5, 0.6) is 17.2 Å². The van der Waals surface area contributed by atoms with Crippen LogP contribution in [0.2, 0.25) is 0 Å². The molecule has 3 aromatic rings. The van der Waals surface area contributed by atoms with Gasteiger partial charge in [0.15, 0.2) is 16.7 Å². The van der Waals surface area contributed by atoms with Crippen molar-refractivity contribution >= 4 is 56.5 Å². The van der Waals surface area contributed by atoms with Crippen LogP contribution >= 0.6 is 27.7 Å². The number of hydrogen-bond acceptors (Lipinski definition) is 7. The van der Waals surface area contributed by atoms with Crippen molar-refractivity contribution in [3.63, 3.8) is 0 Å². The van der Waals surface area contributed by atoms with Gasteiger partial charge >= 0.3 is 5.97 Å². The van der Waals surface area contributed by atoms with Crippen molar-refractivity contribution in [3.05, 3.63) is 99.4 Å². The molecule has 1 aliphatic heterocycles. The molecule has 4 rings (SSSR count). The van der Waals surface area contributed by atoms with Gasteiger partial charge in [0, 0.05) is 4.47 Å². The molecular formula is C30H27BrN2O6S. The molecule has 0 aromatic heterocycles. The topological polar surface area (TPSA) is 97.7 Å². The second kappa shape index (κ2) is 13.4. The fourth-order valence-corrected chi connectivity index (χ4v) is 5.19. The molecule has 3 aromatic carbocycles. The zero-order valence-corrected chi connectivity index (χ0v) is 24.3. The van der Waals surface area contributed by atoms with Crippen LogP contribution in [0.4, 0.5) is 5.69 Å². The first-order valence-corrected chi connectivity index (χ1v) is 13.9. The molecule has 1 fully saturated rings. The van der Waals surface area contributed by atoms with Crippen molar-refractivity contribution in [2.75, 3.05) is 20.3 Å². The minimum absolute atomic E-state index is 0.175. The Kier molecular flexibility index (Phi) is 9.68. The summed E-state index contributed by atoms with van der Waals surface area (Å²) in [5.74, 6) is 0.581. The molecule has 1 amide bonds. The fraction of sp³-hybridized carbons (Fsp3) is 0.167. The van der Waals surface area contributed by atoms with E-state index in [1.807, 2.05) is 25.1 Å². The van der Waals surface area contributed by atoms with E-state index in [1.165, 1.54) is 23.9 Å². The van der Waals surface area contributed by atoms with Gasteiger partial charge in [-0.2, -0.15) is 0 Å². The summed E-state index contributed by atoms with van der Waals surface area (Å²) in [7, 11) is 1.59. The molecule has 206 valence electrons. The lowest BCUT2D eigenvalue weighted by Crippen LogP contribution is -2.28. The number of rotatable bonds is 11. The van der Waals surface area contributed by atoms with Gasteiger partial charge in [0.1, 0.15) is 12.4 Å². The molecule has 0 saturated carbocycles. The molecule has 0 radical (unpaired) electrons. The molecule has 1 aliphatic rings. The van der Waals surface area contributed by atoms with E-state index in [2.05, 4.69) is 22.5 Å². The quantitative estimate of drug-likeness (QED) is 0.183. The van der Waals surface area contributed by atoms with E-state index >= 15 is 0 Å². The zero-order valence-electron chi connectivity index (χ0n) is 21.9. The Hall–Kier alpha value is -4.02. The highest BCUT2D eigenvalue weighted by molar-refractivity contribution is 9.10. The van der Waals surface area contributed by atoms with Crippen molar-refractivity contribution in [2.45, 2.75) is 13.5 Å². The largest absolute Gasteiger partial charge is 0.497 e. The highest BCUT2D eigenvalue weighted by atomic mass is 79.9. The summed E-state index contributed by atoms with van der Waals surface area (Å²) in [6.45, 7) is 6.57. The normalized spacial score (nSPS) is 15.0. The zero-order chi connectivity index (χ0) is 28.6. The molecule has 1 N–H and O–H groups in total. The number of methoxy groups -OCH3 is 1. The molecule has 1 saturated heterocycles. The summed E-state index contributed by atoms with van der Waals surface area (Å²) in [6, 6.07) is 17.3. The summed E-state index contributed by atoms with van der Waals surface area (Å²) < 4.78 is 17.5. The molecule has 1 heterocycles. The monoisotopic (exact) mass is 622 g/mol. The first-order chi connectivity index (χ1) is 19.3. The number of aliphatic imine (C=N–C) groups is 1. The number of carbonyl (C=O) groups excluding carboxylic acids is 1. The van der Waals surface area contributed by atoms with E-state index in [1.54, 1.807) is 54.5 Å². The van der Waals surface area contributed by atoms with Crippen molar-refractivity contribution in [1.82, 2.24) is 4.90 Å². The lowest BCUT2D eigenvalue weighted by Gasteiger charge is -2.16. The molecule has 0 aliphatic carbocycles. The predicted octanol–water partition coefficient (Wildman–Crippen LogP) is 6.92. The Morgan fingerprint density at radius 1 is 1.10 bits per heavy atom. The number of carboxylic acids is 1. The number of benzene rings is 3. The van der Waals surface area contributed by atoms with Crippen LogP contribution in [0, 0.1) is 0 Å². The van der Waals surface area contributed by atoms with Crippen LogP contribution in [-0.2, 0) is 11.3 Å². The number of amides is 1. The number of nitrogens with zero attached hydrogens (tertiary/aromatic N) is 2. The summed E-state index contributed by atoms with van der Waals surface area (Å²) in [6.07, 6.45) is 3.44.